The van der Waals surface area contributed by atoms with E-state index >= 15 is 0 Å². The molecular weight excluding hydrogens is 671 g/mol. The molecule has 3 amide bonds. The van der Waals surface area contributed by atoms with E-state index in [2.05, 4.69) is 20.5 Å². The highest BCUT2D eigenvalue weighted by atomic mass is 32.2. The summed E-state index contributed by atoms with van der Waals surface area (Å²) in [5.74, 6) is -1.36. The van der Waals surface area contributed by atoms with E-state index in [1.54, 1.807) is 0 Å². The maximum absolute atomic E-state index is 12.3. The Kier molecular flexibility index (Phi) is 16.4. The van der Waals surface area contributed by atoms with Crippen LogP contribution in [0.5, 0.6) is 0 Å². The summed E-state index contributed by atoms with van der Waals surface area (Å²) in [6, 6.07) is -2.76. The number of ether oxygens (including phenoxy) is 2. The highest BCUT2D eigenvalue weighted by molar-refractivity contribution is 7.99. The summed E-state index contributed by atoms with van der Waals surface area (Å²) in [6.45, 7) is 2.03. The lowest BCUT2D eigenvalue weighted by Crippen LogP contribution is -2.67. The molecule has 47 heavy (non-hydrogen) atoms. The molecule has 22 heteroatoms. The van der Waals surface area contributed by atoms with E-state index < -0.39 is 105 Å². The summed E-state index contributed by atoms with van der Waals surface area (Å²) in [5.41, 5.74) is 16.4. The number of hydrogen-bond acceptors (Lipinski definition) is 16. The molecule has 1 saturated heterocycles. The van der Waals surface area contributed by atoms with E-state index in [4.69, 9.17) is 36.5 Å². The van der Waals surface area contributed by atoms with Crippen molar-refractivity contribution in [2.75, 3.05) is 37.7 Å². The van der Waals surface area contributed by atoms with Crippen molar-refractivity contribution in [1.29, 1.82) is 0 Å². The van der Waals surface area contributed by atoms with Gasteiger partial charge in [-0.3, -0.25) is 18.9 Å². The SMILES string of the molecule is CC(C)(COP(=O)(O)O)[C@@H](O)C(=O)NCCC(=O)NCCSCC(=O)NC[C@H]1O[C@H](OC2[C@@H](N)C[C@@H](N)[C@H](O)[C@H]2O)[C@H](N)[C@@H](O)[C@@H]1O. The number of aliphatic hydroxyl groups excluding tert-OH is 5. The summed E-state index contributed by atoms with van der Waals surface area (Å²) in [4.78, 5) is 54.1. The van der Waals surface area contributed by atoms with Crippen molar-refractivity contribution in [2.24, 2.45) is 22.6 Å². The minimum atomic E-state index is -4.79. The Hall–Kier alpha value is -1.53. The number of carbonyl (C=O) groups excluding carboxylic acids is 3. The van der Waals surface area contributed by atoms with Gasteiger partial charge in [0.2, 0.25) is 17.7 Å². The Morgan fingerprint density at radius 2 is 1.62 bits per heavy atom. The third-order valence-electron chi connectivity index (χ3n) is 7.68. The third-order valence-corrected chi connectivity index (χ3v) is 9.10. The Labute approximate surface area is 275 Å². The molecule has 0 aromatic carbocycles. The average molecular weight is 721 g/mol. The van der Waals surface area contributed by atoms with Gasteiger partial charge in [0.25, 0.3) is 0 Å². The molecule has 0 bridgehead atoms. The van der Waals surface area contributed by atoms with Crippen LogP contribution >= 0.6 is 19.6 Å². The molecule has 16 N–H and O–H groups in total. The van der Waals surface area contributed by atoms with Gasteiger partial charge in [-0.25, -0.2) is 4.57 Å². The van der Waals surface area contributed by atoms with E-state index in [-0.39, 0.29) is 38.2 Å². The molecule has 1 aliphatic carbocycles. The lowest BCUT2D eigenvalue weighted by atomic mass is 9.84. The van der Waals surface area contributed by atoms with E-state index in [1.807, 2.05) is 0 Å². The number of nitrogens with one attached hydrogen (secondary N) is 3. The molecule has 0 spiro atoms. The molecule has 11 atom stereocenters. The van der Waals surface area contributed by atoms with Crippen molar-refractivity contribution >= 4 is 37.3 Å². The number of thioether (sulfide) groups is 1. The zero-order chi connectivity index (χ0) is 35.7. The van der Waals surface area contributed by atoms with Crippen LogP contribution in [0.3, 0.4) is 0 Å². The van der Waals surface area contributed by atoms with Crippen LogP contribution in [-0.4, -0.2) is 158 Å². The largest absolute Gasteiger partial charge is 0.469 e. The summed E-state index contributed by atoms with van der Waals surface area (Å²) >= 11 is 1.19. The Morgan fingerprint density at radius 3 is 2.26 bits per heavy atom. The Morgan fingerprint density at radius 1 is 0.957 bits per heavy atom. The van der Waals surface area contributed by atoms with Gasteiger partial charge in [-0.15, -0.1) is 0 Å². The van der Waals surface area contributed by atoms with Gasteiger partial charge in [0.05, 0.1) is 24.5 Å². The highest BCUT2D eigenvalue weighted by Crippen LogP contribution is 2.38. The predicted octanol–water partition coefficient (Wildman–Crippen LogP) is -6.11. The molecule has 1 heterocycles. The van der Waals surface area contributed by atoms with Gasteiger partial charge in [-0.05, 0) is 6.42 Å². The van der Waals surface area contributed by atoms with Gasteiger partial charge >= 0.3 is 7.82 Å². The first-order valence-corrected chi connectivity index (χ1v) is 17.5. The molecule has 0 aromatic rings. The van der Waals surface area contributed by atoms with Crippen LogP contribution in [0.25, 0.3) is 0 Å². The lowest BCUT2D eigenvalue weighted by molar-refractivity contribution is -0.288. The summed E-state index contributed by atoms with van der Waals surface area (Å²) < 4.78 is 26.6. The van der Waals surface area contributed by atoms with Crippen LogP contribution in [0.2, 0.25) is 0 Å². The fourth-order valence-corrected chi connectivity index (χ4v) is 5.91. The van der Waals surface area contributed by atoms with Gasteiger partial charge in [0.1, 0.15) is 36.6 Å². The van der Waals surface area contributed by atoms with Crippen LogP contribution in [0.15, 0.2) is 0 Å². The molecular formula is C25H49N6O14PS. The molecule has 1 saturated carbocycles. The zero-order valence-corrected chi connectivity index (χ0v) is 27.8. The van der Waals surface area contributed by atoms with Gasteiger partial charge in [0, 0.05) is 49.3 Å². The second-order valence-electron chi connectivity index (χ2n) is 12.1. The fourth-order valence-electron chi connectivity index (χ4n) is 4.73. The molecule has 1 unspecified atom stereocenters. The van der Waals surface area contributed by atoms with Gasteiger partial charge < -0.3 is 77.9 Å². The minimum Gasteiger partial charge on any atom is -0.389 e. The number of amides is 3. The van der Waals surface area contributed by atoms with Crippen LogP contribution in [-0.2, 0) is 32.9 Å². The summed E-state index contributed by atoms with van der Waals surface area (Å²) in [6.07, 6.45) is -10.9. The second kappa shape index (κ2) is 18.5. The Balaban J connectivity index is 1.66. The monoisotopic (exact) mass is 720 g/mol. The number of phosphoric acid groups is 1. The topological polar surface area (TPSA) is 352 Å². The minimum absolute atomic E-state index is 0.0165. The number of phosphoric ester groups is 1. The predicted molar refractivity (Wildman–Crippen MR) is 165 cm³/mol. The second-order valence-corrected chi connectivity index (χ2v) is 14.5. The normalized spacial score (nSPS) is 32.3. The summed E-state index contributed by atoms with van der Waals surface area (Å²) in [5, 5.41) is 59.0. The maximum Gasteiger partial charge on any atom is 0.469 e. The molecule has 274 valence electrons. The summed E-state index contributed by atoms with van der Waals surface area (Å²) in [7, 11) is -4.79. The molecule has 0 radical (unpaired) electrons. The first-order valence-electron chi connectivity index (χ1n) is 14.8. The van der Waals surface area contributed by atoms with E-state index in [1.165, 1.54) is 25.6 Å². The van der Waals surface area contributed by atoms with Crippen molar-refractivity contribution in [1.82, 2.24) is 16.0 Å². The Bertz CT molecular complexity index is 1090. The van der Waals surface area contributed by atoms with Gasteiger partial charge in [0.15, 0.2) is 6.29 Å². The number of aliphatic hydroxyl groups is 5. The molecule has 20 nitrogen and oxygen atoms in total. The van der Waals surface area contributed by atoms with Crippen molar-refractivity contribution in [3.8, 4) is 0 Å². The molecule has 2 rings (SSSR count). The van der Waals surface area contributed by atoms with E-state index in [0.717, 1.165) is 0 Å². The molecule has 0 aromatic heterocycles. The first kappa shape index (κ1) is 41.6. The fraction of sp³-hybridized carbons (Fsp3) is 0.880. The first-order chi connectivity index (χ1) is 21.7. The van der Waals surface area contributed by atoms with Crippen LogP contribution in [0.1, 0.15) is 26.7 Å². The lowest BCUT2D eigenvalue weighted by Gasteiger charge is -2.45. The van der Waals surface area contributed by atoms with Crippen molar-refractivity contribution in [2.45, 2.75) is 93.8 Å². The number of hydrogen-bond donors (Lipinski definition) is 13. The molecule has 1 aliphatic heterocycles. The van der Waals surface area contributed by atoms with Gasteiger partial charge in [-0.2, -0.15) is 11.8 Å². The van der Waals surface area contributed by atoms with E-state index in [9.17, 15) is 44.5 Å². The van der Waals surface area contributed by atoms with E-state index in [0.29, 0.717) is 5.75 Å². The van der Waals surface area contributed by atoms with Gasteiger partial charge in [-0.1, -0.05) is 13.8 Å². The maximum atomic E-state index is 12.3. The highest BCUT2D eigenvalue weighted by Gasteiger charge is 2.48. The van der Waals surface area contributed by atoms with Crippen LogP contribution < -0.4 is 33.2 Å². The van der Waals surface area contributed by atoms with Crippen LogP contribution in [0, 0.1) is 5.41 Å². The van der Waals surface area contributed by atoms with Crippen molar-refractivity contribution in [3.63, 3.8) is 0 Å². The number of carbonyl (C=O) groups is 3. The number of rotatable bonds is 17. The quantitative estimate of drug-likeness (QED) is 0.0491. The molecule has 2 fully saturated rings. The average Bonchev–Trinajstić information content (AvgIpc) is 2.99. The smallest absolute Gasteiger partial charge is 0.389 e. The van der Waals surface area contributed by atoms with Crippen molar-refractivity contribution < 1.29 is 68.3 Å². The van der Waals surface area contributed by atoms with Crippen molar-refractivity contribution in [3.05, 3.63) is 0 Å². The van der Waals surface area contributed by atoms with Crippen LogP contribution in [0.4, 0.5) is 0 Å². The standard InChI is InChI=1S/C25H49N6O14PS/c1-25(2,10-43-46(40,41)42)22(38)23(39)30-4-3-14(32)29-5-6-47-9-15(33)31-8-13-18(35)19(36)16(28)24(44-13)45-21-12(27)7-11(26)17(34)20(21)37/h11-13,16-22,24,34-38H,3-10,26-28H2,1-2H3,(H,29,32)(H,30,39)(H,31,33)(H2,40,41,42)/t11-,12+,13-,16-,17+,18-,19-,20-,21?,22+,24-/m1/s1. The third kappa shape index (κ3) is 13.0. The molecule has 2 aliphatic rings. The zero-order valence-electron chi connectivity index (χ0n) is 26.1. The number of nitrogens with two attached hydrogens (primary N) is 3.